The normalized spacial score (nSPS) is 14.9. The molecular formula is C22H37NOSi. The van der Waals surface area contributed by atoms with E-state index in [1.54, 1.807) is 0 Å². The summed E-state index contributed by atoms with van der Waals surface area (Å²) in [5, 5.41) is 12.2. The first-order valence-electron chi connectivity index (χ1n) is 9.54. The van der Waals surface area contributed by atoms with E-state index in [9.17, 15) is 5.21 Å². The molecule has 0 amide bonds. The fourth-order valence-electron chi connectivity index (χ4n) is 2.83. The number of benzene rings is 1. The van der Waals surface area contributed by atoms with Crippen LogP contribution in [0.25, 0.3) is 0 Å². The molecule has 0 saturated heterocycles. The highest BCUT2D eigenvalue weighted by Gasteiger charge is 2.24. The molecule has 1 aromatic carbocycles. The van der Waals surface area contributed by atoms with E-state index >= 15 is 0 Å². The average Bonchev–Trinajstić information content (AvgIpc) is 2.48. The van der Waals surface area contributed by atoms with Crippen molar-refractivity contribution in [3.63, 3.8) is 0 Å². The molecule has 1 atom stereocenters. The van der Waals surface area contributed by atoms with E-state index in [2.05, 4.69) is 52.6 Å². The molecule has 0 bridgehead atoms. The summed E-state index contributed by atoms with van der Waals surface area (Å²) in [4.78, 5) is 0. The Kier molecular flexibility index (Phi) is 8.64. The average molecular weight is 360 g/mol. The topological polar surface area (TPSA) is 26.1 Å². The van der Waals surface area contributed by atoms with Crippen molar-refractivity contribution in [2.24, 2.45) is 11.3 Å². The fraction of sp³-hybridized carbons (Fsp3) is 0.591. The van der Waals surface area contributed by atoms with Crippen LogP contribution in [0.2, 0.25) is 25.7 Å². The lowest BCUT2D eigenvalue weighted by molar-refractivity contribution is -0.471. The molecule has 2 nitrogen and oxygen atoms in total. The van der Waals surface area contributed by atoms with Gasteiger partial charge in [0.25, 0.3) is 0 Å². The van der Waals surface area contributed by atoms with Gasteiger partial charge in [0.15, 0.2) is 12.8 Å². The van der Waals surface area contributed by atoms with Crippen LogP contribution in [-0.4, -0.2) is 19.0 Å². The van der Waals surface area contributed by atoms with Crippen molar-refractivity contribution in [1.29, 1.82) is 0 Å². The first-order valence-corrected chi connectivity index (χ1v) is 13.2. The van der Waals surface area contributed by atoms with Crippen LogP contribution in [0, 0.1) is 16.5 Å². The van der Waals surface area contributed by atoms with Crippen molar-refractivity contribution in [3.05, 3.63) is 53.3 Å². The second kappa shape index (κ2) is 9.96. The molecular weight excluding hydrogens is 322 g/mol. The Morgan fingerprint density at radius 3 is 2.28 bits per heavy atom. The Hall–Kier alpha value is -1.35. The highest BCUT2D eigenvalue weighted by atomic mass is 28.3. The van der Waals surface area contributed by atoms with Crippen LogP contribution in [0.1, 0.15) is 45.6 Å². The maximum absolute atomic E-state index is 12.2. The quantitative estimate of drug-likeness (QED) is 0.123. The molecule has 0 aliphatic carbocycles. The summed E-state index contributed by atoms with van der Waals surface area (Å²) in [7, 11) is -0.979. The molecule has 0 fully saturated rings. The van der Waals surface area contributed by atoms with Gasteiger partial charge in [-0.25, -0.2) is 4.74 Å². The first kappa shape index (κ1) is 21.7. The van der Waals surface area contributed by atoms with E-state index in [1.807, 2.05) is 36.5 Å². The summed E-state index contributed by atoms with van der Waals surface area (Å²) in [6.07, 6.45) is 9.65. The van der Waals surface area contributed by atoms with Gasteiger partial charge in [0.05, 0.1) is 0 Å². The van der Waals surface area contributed by atoms with Gasteiger partial charge in [-0.3, -0.25) is 0 Å². The molecule has 0 aliphatic rings. The molecule has 0 N–H and O–H groups in total. The molecule has 0 saturated carbocycles. The molecule has 0 aromatic heterocycles. The minimum absolute atomic E-state index is 0.219. The molecule has 0 aliphatic heterocycles. The number of hydrogen-bond donors (Lipinski definition) is 0. The highest BCUT2D eigenvalue weighted by molar-refractivity contribution is 6.76. The van der Waals surface area contributed by atoms with Crippen LogP contribution < -0.4 is 0 Å². The molecule has 0 heterocycles. The van der Waals surface area contributed by atoms with Gasteiger partial charge in [0, 0.05) is 20.1 Å². The monoisotopic (exact) mass is 359 g/mol. The van der Waals surface area contributed by atoms with Crippen molar-refractivity contribution >= 4 is 14.3 Å². The summed E-state index contributed by atoms with van der Waals surface area (Å²) in [6.45, 7) is 14.5. The van der Waals surface area contributed by atoms with Gasteiger partial charge in [-0.1, -0.05) is 82.9 Å². The lowest BCUT2D eigenvalue weighted by Gasteiger charge is -2.29. The fourth-order valence-corrected chi connectivity index (χ4v) is 3.70. The Morgan fingerprint density at radius 2 is 1.72 bits per heavy atom. The molecule has 25 heavy (non-hydrogen) atoms. The van der Waals surface area contributed by atoms with Crippen LogP contribution in [0.3, 0.4) is 0 Å². The standard InChI is InChI=1S/C22H37NOSi/c1-22(2,3)21(15-11-8-12-18-25(4,5)6)16-17-23(24)19-20-13-9-7-10-14-20/h7-10,12-14,17,21H,11,15-16,18-19H2,1-6H3/b12-8+,23-17-. The zero-order chi connectivity index (χ0) is 18.9. The highest BCUT2D eigenvalue weighted by Crippen LogP contribution is 2.32. The predicted molar refractivity (Wildman–Crippen MR) is 114 cm³/mol. The van der Waals surface area contributed by atoms with Crippen molar-refractivity contribution in [3.8, 4) is 0 Å². The summed E-state index contributed by atoms with van der Waals surface area (Å²) in [5.41, 5.74) is 1.28. The van der Waals surface area contributed by atoms with E-state index < -0.39 is 8.07 Å². The van der Waals surface area contributed by atoms with E-state index in [4.69, 9.17) is 0 Å². The Balaban J connectivity index is 2.54. The smallest absolute Gasteiger partial charge is 0.178 e. The second-order valence-electron chi connectivity index (χ2n) is 9.36. The zero-order valence-electron chi connectivity index (χ0n) is 17.1. The Labute approximate surface area is 156 Å². The van der Waals surface area contributed by atoms with E-state index in [-0.39, 0.29) is 5.41 Å². The predicted octanol–water partition coefficient (Wildman–Crippen LogP) is 6.49. The van der Waals surface area contributed by atoms with Crippen molar-refractivity contribution in [2.75, 3.05) is 0 Å². The second-order valence-corrected chi connectivity index (χ2v) is 14.9. The molecule has 3 heteroatoms. The lowest BCUT2D eigenvalue weighted by atomic mass is 9.76. The zero-order valence-corrected chi connectivity index (χ0v) is 18.1. The van der Waals surface area contributed by atoms with Gasteiger partial charge < -0.3 is 5.21 Å². The minimum Gasteiger partial charge on any atom is -0.624 e. The van der Waals surface area contributed by atoms with E-state index in [1.165, 1.54) is 6.04 Å². The van der Waals surface area contributed by atoms with Crippen LogP contribution in [0.5, 0.6) is 0 Å². The Bertz CT molecular complexity index is 550. The van der Waals surface area contributed by atoms with Gasteiger partial charge >= 0.3 is 0 Å². The number of rotatable bonds is 9. The minimum atomic E-state index is -0.979. The van der Waals surface area contributed by atoms with Crippen LogP contribution in [0.4, 0.5) is 0 Å². The molecule has 1 aromatic rings. The molecule has 140 valence electrons. The van der Waals surface area contributed by atoms with Crippen molar-refractivity contribution in [1.82, 2.24) is 0 Å². The number of hydroxylamine groups is 1. The van der Waals surface area contributed by atoms with Crippen LogP contribution in [0.15, 0.2) is 42.5 Å². The largest absolute Gasteiger partial charge is 0.624 e. The van der Waals surface area contributed by atoms with Crippen molar-refractivity contribution in [2.45, 2.75) is 72.3 Å². The summed E-state index contributed by atoms with van der Waals surface area (Å²) in [5.74, 6) is 0.524. The summed E-state index contributed by atoms with van der Waals surface area (Å²) < 4.78 is 1.09. The maximum atomic E-state index is 12.2. The van der Waals surface area contributed by atoms with Gasteiger partial charge in [0.1, 0.15) is 0 Å². The third-order valence-electron chi connectivity index (χ3n) is 4.58. The SMILES string of the molecule is CC(C)(C)C(C/C=[N+](\[O-])Cc1ccccc1)CC/C=C/C[Si](C)(C)C. The Morgan fingerprint density at radius 1 is 1.08 bits per heavy atom. The van der Waals surface area contributed by atoms with Crippen molar-refractivity contribution < 1.29 is 4.74 Å². The number of hydrogen-bond acceptors (Lipinski definition) is 1. The number of nitrogens with zero attached hydrogens (tertiary/aromatic N) is 1. The molecule has 0 radical (unpaired) electrons. The van der Waals surface area contributed by atoms with Gasteiger partial charge in [-0.05, 0) is 30.2 Å². The third-order valence-corrected chi connectivity index (χ3v) is 6.04. The third kappa shape index (κ3) is 10.3. The van der Waals surface area contributed by atoms with Gasteiger partial charge in [-0.2, -0.15) is 0 Å². The van der Waals surface area contributed by atoms with Crippen LogP contribution in [-0.2, 0) is 6.54 Å². The van der Waals surface area contributed by atoms with Gasteiger partial charge in [0.2, 0.25) is 0 Å². The molecule has 1 unspecified atom stereocenters. The number of allylic oxidation sites excluding steroid dienone is 2. The van der Waals surface area contributed by atoms with E-state index in [0.29, 0.717) is 12.5 Å². The van der Waals surface area contributed by atoms with E-state index in [0.717, 1.165) is 29.6 Å². The molecule has 0 spiro atoms. The first-order chi connectivity index (χ1) is 11.6. The summed E-state index contributed by atoms with van der Waals surface area (Å²) >= 11 is 0. The molecule has 1 rings (SSSR count). The van der Waals surface area contributed by atoms with Gasteiger partial charge in [-0.15, -0.1) is 0 Å². The van der Waals surface area contributed by atoms with Crippen LogP contribution >= 0.6 is 0 Å². The lowest BCUT2D eigenvalue weighted by Crippen LogP contribution is -2.22. The maximum Gasteiger partial charge on any atom is 0.178 e. The summed E-state index contributed by atoms with van der Waals surface area (Å²) in [6, 6.07) is 11.2.